The Morgan fingerprint density at radius 3 is 2.42 bits per heavy atom. The highest BCUT2D eigenvalue weighted by atomic mass is 35.5. The van der Waals surface area contributed by atoms with Crippen molar-refractivity contribution in [3.63, 3.8) is 0 Å². The van der Waals surface area contributed by atoms with E-state index in [1.807, 2.05) is 30.7 Å². The summed E-state index contributed by atoms with van der Waals surface area (Å²) >= 11 is 12.1. The minimum absolute atomic E-state index is 0.404. The van der Waals surface area contributed by atoms with Crippen molar-refractivity contribution in [2.24, 2.45) is 0 Å². The zero-order valence-corrected chi connectivity index (χ0v) is 12.5. The van der Waals surface area contributed by atoms with Crippen LogP contribution in [0.2, 0.25) is 10.0 Å². The first-order chi connectivity index (χ1) is 9.15. The molecular weight excluding hydrogens is 283 g/mol. The molecule has 0 amide bonds. The van der Waals surface area contributed by atoms with Gasteiger partial charge in [0.15, 0.2) is 0 Å². The van der Waals surface area contributed by atoms with Gasteiger partial charge in [0.1, 0.15) is 12.4 Å². The molecule has 0 saturated heterocycles. The summed E-state index contributed by atoms with van der Waals surface area (Å²) in [6, 6.07) is 7.27. The third-order valence-corrected chi connectivity index (χ3v) is 3.57. The van der Waals surface area contributed by atoms with Crippen LogP contribution >= 0.6 is 23.2 Å². The lowest BCUT2D eigenvalue weighted by molar-refractivity contribution is 0.292. The van der Waals surface area contributed by atoms with Crippen molar-refractivity contribution in [2.45, 2.75) is 33.4 Å². The van der Waals surface area contributed by atoms with Gasteiger partial charge in [0.05, 0.1) is 16.4 Å². The molecule has 0 bridgehead atoms. The standard InChI is InChI=1S/C14H16Cl2N2O/c1-3-12-14(16)13(18(4-2)17-12)9-19-11-7-5-10(15)6-8-11/h5-8H,3-4,9H2,1-2H3. The highest BCUT2D eigenvalue weighted by molar-refractivity contribution is 6.32. The van der Waals surface area contributed by atoms with Gasteiger partial charge < -0.3 is 4.74 Å². The summed E-state index contributed by atoms with van der Waals surface area (Å²) in [7, 11) is 0. The second kappa shape index (κ2) is 6.31. The van der Waals surface area contributed by atoms with Gasteiger partial charge in [-0.2, -0.15) is 5.10 Å². The van der Waals surface area contributed by atoms with Gasteiger partial charge in [-0.1, -0.05) is 30.1 Å². The molecule has 102 valence electrons. The molecule has 0 unspecified atom stereocenters. The molecule has 1 aromatic carbocycles. The highest BCUT2D eigenvalue weighted by Crippen LogP contribution is 2.24. The maximum Gasteiger partial charge on any atom is 0.131 e. The van der Waals surface area contributed by atoms with Crippen LogP contribution in [-0.2, 0) is 19.6 Å². The normalized spacial score (nSPS) is 10.7. The molecule has 0 aliphatic carbocycles. The van der Waals surface area contributed by atoms with Crippen LogP contribution in [-0.4, -0.2) is 9.78 Å². The number of ether oxygens (including phenoxy) is 1. The fourth-order valence-electron chi connectivity index (χ4n) is 1.84. The van der Waals surface area contributed by atoms with Crippen molar-refractivity contribution in [3.05, 3.63) is 45.7 Å². The maximum atomic E-state index is 6.32. The minimum atomic E-state index is 0.404. The summed E-state index contributed by atoms with van der Waals surface area (Å²) in [4.78, 5) is 0. The number of hydrogen-bond acceptors (Lipinski definition) is 2. The average molecular weight is 299 g/mol. The Morgan fingerprint density at radius 1 is 1.16 bits per heavy atom. The molecule has 0 N–H and O–H groups in total. The molecule has 2 aromatic rings. The van der Waals surface area contributed by atoms with E-state index in [0.29, 0.717) is 16.7 Å². The molecule has 0 aliphatic heterocycles. The Labute approximate surface area is 123 Å². The molecule has 0 atom stereocenters. The Kier molecular flexibility index (Phi) is 4.72. The summed E-state index contributed by atoms with van der Waals surface area (Å²) in [5, 5.41) is 5.86. The van der Waals surface area contributed by atoms with Gasteiger partial charge in [-0.25, -0.2) is 0 Å². The predicted octanol–water partition coefficient (Wildman–Crippen LogP) is 4.35. The fourth-order valence-corrected chi connectivity index (χ4v) is 2.29. The van der Waals surface area contributed by atoms with Gasteiger partial charge in [-0.05, 0) is 37.6 Å². The molecule has 2 rings (SSSR count). The van der Waals surface area contributed by atoms with Crippen LogP contribution in [0.15, 0.2) is 24.3 Å². The van der Waals surface area contributed by atoms with Gasteiger partial charge in [-0.3, -0.25) is 4.68 Å². The number of nitrogens with zero attached hydrogens (tertiary/aromatic N) is 2. The van der Waals surface area contributed by atoms with E-state index in [2.05, 4.69) is 5.10 Å². The summed E-state index contributed by atoms with van der Waals surface area (Å²) in [6.45, 7) is 5.26. The zero-order chi connectivity index (χ0) is 13.8. The molecule has 0 aliphatic rings. The van der Waals surface area contributed by atoms with Gasteiger partial charge in [0.2, 0.25) is 0 Å². The van der Waals surface area contributed by atoms with Crippen LogP contribution in [0.3, 0.4) is 0 Å². The third-order valence-electron chi connectivity index (χ3n) is 2.88. The smallest absolute Gasteiger partial charge is 0.131 e. The van der Waals surface area contributed by atoms with Crippen molar-refractivity contribution in [2.75, 3.05) is 0 Å². The third kappa shape index (κ3) is 3.23. The highest BCUT2D eigenvalue weighted by Gasteiger charge is 2.14. The summed E-state index contributed by atoms with van der Waals surface area (Å²) in [6.07, 6.45) is 0.819. The molecule has 0 saturated carbocycles. The van der Waals surface area contributed by atoms with Crippen molar-refractivity contribution < 1.29 is 4.74 Å². The van der Waals surface area contributed by atoms with E-state index in [4.69, 9.17) is 27.9 Å². The van der Waals surface area contributed by atoms with Crippen LogP contribution in [0.4, 0.5) is 0 Å². The lowest BCUT2D eigenvalue weighted by Gasteiger charge is -2.08. The van der Waals surface area contributed by atoms with Crippen LogP contribution < -0.4 is 4.74 Å². The van der Waals surface area contributed by atoms with Gasteiger partial charge in [-0.15, -0.1) is 0 Å². The lowest BCUT2D eigenvalue weighted by atomic mass is 10.3. The molecule has 19 heavy (non-hydrogen) atoms. The van der Waals surface area contributed by atoms with E-state index in [-0.39, 0.29) is 0 Å². The van der Waals surface area contributed by atoms with Gasteiger partial charge in [0.25, 0.3) is 0 Å². The van der Waals surface area contributed by atoms with E-state index in [1.165, 1.54) is 0 Å². The van der Waals surface area contributed by atoms with Gasteiger partial charge >= 0.3 is 0 Å². The largest absolute Gasteiger partial charge is 0.487 e. The van der Waals surface area contributed by atoms with E-state index < -0.39 is 0 Å². The zero-order valence-electron chi connectivity index (χ0n) is 11.0. The second-order valence-electron chi connectivity index (χ2n) is 4.12. The van der Waals surface area contributed by atoms with Gasteiger partial charge in [0, 0.05) is 11.6 Å². The number of benzene rings is 1. The molecule has 0 radical (unpaired) electrons. The molecule has 3 nitrogen and oxygen atoms in total. The first-order valence-corrected chi connectivity index (χ1v) is 7.03. The average Bonchev–Trinajstić information content (AvgIpc) is 2.74. The minimum Gasteiger partial charge on any atom is -0.487 e. The van der Waals surface area contributed by atoms with Crippen molar-refractivity contribution in [3.8, 4) is 5.75 Å². The number of rotatable bonds is 5. The number of aryl methyl sites for hydroxylation is 2. The van der Waals surface area contributed by atoms with Crippen molar-refractivity contribution >= 4 is 23.2 Å². The van der Waals surface area contributed by atoms with Crippen molar-refractivity contribution in [1.82, 2.24) is 9.78 Å². The number of hydrogen-bond donors (Lipinski definition) is 0. The molecular formula is C14H16Cl2N2O. The monoisotopic (exact) mass is 298 g/mol. The quantitative estimate of drug-likeness (QED) is 0.820. The molecule has 5 heteroatoms. The molecule has 1 heterocycles. The van der Waals surface area contributed by atoms with E-state index in [9.17, 15) is 0 Å². The molecule has 0 fully saturated rings. The first-order valence-electron chi connectivity index (χ1n) is 6.28. The van der Waals surface area contributed by atoms with E-state index >= 15 is 0 Å². The number of aromatic nitrogens is 2. The number of halogens is 2. The summed E-state index contributed by atoms with van der Waals surface area (Å²) in [5.74, 6) is 0.766. The van der Waals surface area contributed by atoms with Crippen LogP contribution in [0, 0.1) is 0 Å². The Balaban J connectivity index is 2.14. The topological polar surface area (TPSA) is 27.1 Å². The van der Waals surface area contributed by atoms with Crippen LogP contribution in [0.5, 0.6) is 5.75 Å². The Bertz CT molecular complexity index is 549. The predicted molar refractivity (Wildman–Crippen MR) is 78.1 cm³/mol. The van der Waals surface area contributed by atoms with Crippen LogP contribution in [0.25, 0.3) is 0 Å². The molecule has 0 spiro atoms. The van der Waals surface area contributed by atoms with E-state index in [0.717, 1.165) is 30.1 Å². The SMILES string of the molecule is CCc1nn(CC)c(COc2ccc(Cl)cc2)c1Cl. The van der Waals surface area contributed by atoms with Crippen molar-refractivity contribution in [1.29, 1.82) is 0 Å². The Hall–Kier alpha value is -1.19. The van der Waals surface area contributed by atoms with Crippen LogP contribution in [0.1, 0.15) is 25.2 Å². The maximum absolute atomic E-state index is 6.32. The Morgan fingerprint density at radius 2 is 1.84 bits per heavy atom. The summed E-state index contributed by atoms with van der Waals surface area (Å²) < 4.78 is 7.61. The fraction of sp³-hybridized carbons (Fsp3) is 0.357. The second-order valence-corrected chi connectivity index (χ2v) is 4.93. The summed E-state index contributed by atoms with van der Waals surface area (Å²) in [5.41, 5.74) is 1.83. The lowest BCUT2D eigenvalue weighted by Crippen LogP contribution is -2.06. The molecule has 1 aromatic heterocycles. The first kappa shape index (κ1) is 14.2. The van der Waals surface area contributed by atoms with E-state index in [1.54, 1.807) is 12.1 Å².